The van der Waals surface area contributed by atoms with Crippen molar-refractivity contribution in [1.82, 2.24) is 0 Å². The molecule has 0 saturated carbocycles. The third-order valence-electron chi connectivity index (χ3n) is 2.50. The molecule has 0 fully saturated rings. The third-order valence-corrected chi connectivity index (χ3v) is 2.50. The van der Waals surface area contributed by atoms with E-state index in [1.165, 1.54) is 12.1 Å². The predicted molar refractivity (Wildman–Crippen MR) is 64.0 cm³/mol. The number of halogens is 3. The zero-order valence-electron chi connectivity index (χ0n) is 10.1. The van der Waals surface area contributed by atoms with Crippen LogP contribution >= 0.6 is 0 Å². The molecule has 0 atom stereocenters. The molecule has 1 rings (SSSR count). The van der Waals surface area contributed by atoms with Crippen LogP contribution in [0.2, 0.25) is 0 Å². The van der Waals surface area contributed by atoms with Gasteiger partial charge in [0.05, 0.1) is 5.56 Å². The van der Waals surface area contributed by atoms with Gasteiger partial charge in [-0.1, -0.05) is 13.8 Å². The Morgan fingerprint density at radius 2 is 1.71 bits per heavy atom. The molecular weight excluding hydrogens is 227 g/mol. The van der Waals surface area contributed by atoms with E-state index in [-0.39, 0.29) is 0 Å². The molecule has 1 N–H and O–H groups in total. The SMILES string of the molecule is CC(C)CCCNc1ccc(C(F)(F)F)cc1. The molecule has 0 saturated heterocycles. The molecule has 0 heterocycles. The van der Waals surface area contributed by atoms with E-state index in [4.69, 9.17) is 0 Å². The molecule has 4 heteroatoms. The predicted octanol–water partition coefficient (Wildman–Crippen LogP) is 4.55. The van der Waals surface area contributed by atoms with Crippen molar-refractivity contribution in [2.24, 2.45) is 5.92 Å². The molecule has 1 aromatic rings. The topological polar surface area (TPSA) is 12.0 Å². The van der Waals surface area contributed by atoms with E-state index in [9.17, 15) is 13.2 Å². The molecule has 0 spiro atoms. The van der Waals surface area contributed by atoms with Crippen LogP contribution in [-0.2, 0) is 6.18 Å². The summed E-state index contributed by atoms with van der Waals surface area (Å²) in [7, 11) is 0. The van der Waals surface area contributed by atoms with E-state index in [1.54, 1.807) is 0 Å². The fourth-order valence-electron chi connectivity index (χ4n) is 1.52. The fraction of sp³-hybridized carbons (Fsp3) is 0.538. The van der Waals surface area contributed by atoms with Crippen LogP contribution in [-0.4, -0.2) is 6.54 Å². The lowest BCUT2D eigenvalue weighted by Gasteiger charge is -2.10. The Bertz CT molecular complexity index is 328. The summed E-state index contributed by atoms with van der Waals surface area (Å²) in [6.45, 7) is 5.10. The number of hydrogen-bond donors (Lipinski definition) is 1. The molecule has 0 aliphatic heterocycles. The summed E-state index contributed by atoms with van der Waals surface area (Å²) in [5, 5.41) is 3.11. The molecule has 0 unspecified atom stereocenters. The molecule has 0 aliphatic rings. The van der Waals surface area contributed by atoms with Crippen LogP contribution < -0.4 is 5.32 Å². The normalized spacial score (nSPS) is 11.9. The molecule has 0 aromatic heterocycles. The maximum atomic E-state index is 12.3. The number of anilines is 1. The van der Waals surface area contributed by atoms with Gasteiger partial charge in [0.2, 0.25) is 0 Å². The van der Waals surface area contributed by atoms with Crippen LogP contribution in [0, 0.1) is 5.92 Å². The third kappa shape index (κ3) is 5.11. The van der Waals surface area contributed by atoms with Gasteiger partial charge in [0.25, 0.3) is 0 Å². The Hall–Kier alpha value is -1.19. The summed E-state index contributed by atoms with van der Waals surface area (Å²) in [5.74, 6) is 0.657. The first kappa shape index (κ1) is 13.9. The minimum Gasteiger partial charge on any atom is -0.385 e. The monoisotopic (exact) mass is 245 g/mol. The highest BCUT2D eigenvalue weighted by Crippen LogP contribution is 2.29. The van der Waals surface area contributed by atoms with E-state index in [0.717, 1.165) is 37.2 Å². The lowest BCUT2D eigenvalue weighted by atomic mass is 10.1. The van der Waals surface area contributed by atoms with Crippen molar-refractivity contribution in [3.05, 3.63) is 29.8 Å². The number of alkyl halides is 3. The van der Waals surface area contributed by atoms with Gasteiger partial charge in [0.15, 0.2) is 0 Å². The van der Waals surface area contributed by atoms with Crippen LogP contribution in [0.5, 0.6) is 0 Å². The van der Waals surface area contributed by atoms with E-state index in [2.05, 4.69) is 19.2 Å². The lowest BCUT2D eigenvalue weighted by Crippen LogP contribution is -2.06. The Morgan fingerprint density at radius 1 is 1.12 bits per heavy atom. The van der Waals surface area contributed by atoms with Crippen LogP contribution in [0.25, 0.3) is 0 Å². The van der Waals surface area contributed by atoms with Crippen molar-refractivity contribution < 1.29 is 13.2 Å². The van der Waals surface area contributed by atoms with E-state index >= 15 is 0 Å². The van der Waals surface area contributed by atoms with Crippen LogP contribution in [0.3, 0.4) is 0 Å². The van der Waals surface area contributed by atoms with E-state index in [0.29, 0.717) is 5.92 Å². The first-order valence-electron chi connectivity index (χ1n) is 5.80. The first-order valence-corrected chi connectivity index (χ1v) is 5.80. The van der Waals surface area contributed by atoms with Crippen molar-refractivity contribution >= 4 is 5.69 Å². The highest BCUT2D eigenvalue weighted by Gasteiger charge is 2.29. The first-order chi connectivity index (χ1) is 7.89. The summed E-state index contributed by atoms with van der Waals surface area (Å²) in [5.41, 5.74) is 0.131. The molecule has 0 bridgehead atoms. The van der Waals surface area contributed by atoms with Gasteiger partial charge in [-0.05, 0) is 43.0 Å². The smallest absolute Gasteiger partial charge is 0.385 e. The van der Waals surface area contributed by atoms with Gasteiger partial charge < -0.3 is 5.32 Å². The molecule has 0 aliphatic carbocycles. The van der Waals surface area contributed by atoms with Crippen molar-refractivity contribution in [3.63, 3.8) is 0 Å². The molecule has 1 nitrogen and oxygen atoms in total. The van der Waals surface area contributed by atoms with E-state index in [1.807, 2.05) is 0 Å². The maximum Gasteiger partial charge on any atom is 0.416 e. The van der Waals surface area contributed by atoms with Crippen molar-refractivity contribution in [2.45, 2.75) is 32.9 Å². The van der Waals surface area contributed by atoms with Crippen molar-refractivity contribution in [2.75, 3.05) is 11.9 Å². The summed E-state index contributed by atoms with van der Waals surface area (Å²) >= 11 is 0. The Morgan fingerprint density at radius 3 is 2.18 bits per heavy atom. The van der Waals surface area contributed by atoms with Gasteiger partial charge in [0.1, 0.15) is 0 Å². The molecule has 1 aromatic carbocycles. The number of nitrogens with one attached hydrogen (secondary N) is 1. The molecule has 0 amide bonds. The highest BCUT2D eigenvalue weighted by atomic mass is 19.4. The minimum atomic E-state index is -4.25. The van der Waals surface area contributed by atoms with Crippen LogP contribution in [0.15, 0.2) is 24.3 Å². The Balaban J connectivity index is 2.41. The molecule has 17 heavy (non-hydrogen) atoms. The molecular formula is C13H18F3N. The maximum absolute atomic E-state index is 12.3. The largest absolute Gasteiger partial charge is 0.416 e. The average molecular weight is 245 g/mol. The number of hydrogen-bond acceptors (Lipinski definition) is 1. The number of benzene rings is 1. The second-order valence-electron chi connectivity index (χ2n) is 4.54. The van der Waals surface area contributed by atoms with Gasteiger partial charge in [-0.15, -0.1) is 0 Å². The Labute approximate surface area is 100 Å². The summed E-state index contributed by atoms with van der Waals surface area (Å²) in [6.07, 6.45) is -2.11. The zero-order valence-corrected chi connectivity index (χ0v) is 10.1. The fourth-order valence-corrected chi connectivity index (χ4v) is 1.52. The zero-order chi connectivity index (χ0) is 12.9. The van der Waals surface area contributed by atoms with Gasteiger partial charge in [-0.3, -0.25) is 0 Å². The van der Waals surface area contributed by atoms with Gasteiger partial charge in [-0.25, -0.2) is 0 Å². The van der Waals surface area contributed by atoms with Gasteiger partial charge in [0, 0.05) is 12.2 Å². The summed E-state index contributed by atoms with van der Waals surface area (Å²) < 4.78 is 36.9. The van der Waals surface area contributed by atoms with Crippen LogP contribution in [0.1, 0.15) is 32.3 Å². The minimum absolute atomic E-state index is 0.606. The van der Waals surface area contributed by atoms with E-state index < -0.39 is 11.7 Å². The van der Waals surface area contributed by atoms with Gasteiger partial charge >= 0.3 is 6.18 Å². The molecule has 0 radical (unpaired) electrons. The lowest BCUT2D eigenvalue weighted by molar-refractivity contribution is -0.137. The average Bonchev–Trinajstić information content (AvgIpc) is 2.23. The van der Waals surface area contributed by atoms with Crippen molar-refractivity contribution in [3.8, 4) is 0 Å². The Kier molecular flexibility index (Phi) is 4.85. The standard InChI is InChI=1S/C13H18F3N/c1-10(2)4-3-9-17-12-7-5-11(6-8-12)13(14,15)16/h5-8,10,17H,3-4,9H2,1-2H3. The number of rotatable bonds is 5. The van der Waals surface area contributed by atoms with Crippen LogP contribution in [0.4, 0.5) is 18.9 Å². The summed E-state index contributed by atoms with van der Waals surface area (Å²) in [6, 6.07) is 5.14. The summed E-state index contributed by atoms with van der Waals surface area (Å²) in [4.78, 5) is 0. The molecule has 96 valence electrons. The second kappa shape index (κ2) is 5.94. The van der Waals surface area contributed by atoms with Gasteiger partial charge in [-0.2, -0.15) is 13.2 Å². The second-order valence-corrected chi connectivity index (χ2v) is 4.54. The highest BCUT2D eigenvalue weighted by molar-refractivity contribution is 5.44. The quantitative estimate of drug-likeness (QED) is 0.750. The van der Waals surface area contributed by atoms with Crippen molar-refractivity contribution in [1.29, 1.82) is 0 Å².